The lowest BCUT2D eigenvalue weighted by Gasteiger charge is -2.34. The highest BCUT2D eigenvalue weighted by atomic mass is 19.1. The molecule has 0 saturated carbocycles. The zero-order chi connectivity index (χ0) is 23.7. The van der Waals surface area contributed by atoms with Gasteiger partial charge in [-0.3, -0.25) is 0 Å². The predicted molar refractivity (Wildman–Crippen MR) is 116 cm³/mol. The van der Waals surface area contributed by atoms with Crippen molar-refractivity contribution < 1.29 is 33.3 Å². The Hall–Kier alpha value is -3.62. The lowest BCUT2D eigenvalue weighted by molar-refractivity contribution is -0.136. The summed E-state index contributed by atoms with van der Waals surface area (Å²) in [4.78, 5) is 26.3. The quantitative estimate of drug-likeness (QED) is 0.666. The van der Waals surface area contributed by atoms with E-state index >= 15 is 0 Å². The predicted octanol–water partition coefficient (Wildman–Crippen LogP) is 3.13. The summed E-state index contributed by atoms with van der Waals surface area (Å²) in [7, 11) is 0. The van der Waals surface area contributed by atoms with Crippen molar-refractivity contribution in [3.8, 4) is 5.75 Å². The summed E-state index contributed by atoms with van der Waals surface area (Å²) in [6, 6.07) is 5.50. The SMILES string of the molecule is Cc1c2c(cc3c1N(Cc1ccc(F)cc1F)CCO3)CCN(/C(=C\C(=O)O)C(=O)O)CC2. The maximum Gasteiger partial charge on any atom is 0.352 e. The first kappa shape index (κ1) is 22.6. The van der Waals surface area contributed by atoms with Crippen molar-refractivity contribution in [3.63, 3.8) is 0 Å². The van der Waals surface area contributed by atoms with Crippen LogP contribution in [0.25, 0.3) is 0 Å². The van der Waals surface area contributed by atoms with Crippen molar-refractivity contribution >= 4 is 17.6 Å². The van der Waals surface area contributed by atoms with Gasteiger partial charge < -0.3 is 24.7 Å². The van der Waals surface area contributed by atoms with Crippen molar-refractivity contribution in [2.75, 3.05) is 31.1 Å². The smallest absolute Gasteiger partial charge is 0.352 e. The first-order valence-corrected chi connectivity index (χ1v) is 10.6. The Morgan fingerprint density at radius 2 is 1.88 bits per heavy atom. The summed E-state index contributed by atoms with van der Waals surface area (Å²) in [6.45, 7) is 3.90. The first-order valence-electron chi connectivity index (χ1n) is 10.6. The number of anilines is 1. The lowest BCUT2D eigenvalue weighted by Crippen LogP contribution is -2.33. The molecule has 0 unspecified atom stereocenters. The molecule has 7 nitrogen and oxygen atoms in total. The van der Waals surface area contributed by atoms with E-state index in [1.54, 1.807) is 4.90 Å². The highest BCUT2D eigenvalue weighted by Crippen LogP contribution is 2.40. The summed E-state index contributed by atoms with van der Waals surface area (Å²) < 4.78 is 33.5. The minimum absolute atomic E-state index is 0.248. The van der Waals surface area contributed by atoms with Gasteiger partial charge in [-0.15, -0.1) is 0 Å². The number of nitrogens with zero attached hydrogens (tertiary/aromatic N) is 2. The van der Waals surface area contributed by atoms with Crippen LogP contribution < -0.4 is 9.64 Å². The fraction of sp³-hybridized carbons (Fsp3) is 0.333. The molecule has 2 heterocycles. The molecular formula is C24H24F2N2O5. The average molecular weight is 458 g/mol. The van der Waals surface area contributed by atoms with Gasteiger partial charge in [0, 0.05) is 31.3 Å². The number of carbonyl (C=O) groups is 2. The van der Waals surface area contributed by atoms with E-state index in [2.05, 4.69) is 0 Å². The molecule has 2 aliphatic heterocycles. The molecule has 9 heteroatoms. The van der Waals surface area contributed by atoms with Gasteiger partial charge in [0.2, 0.25) is 0 Å². The second-order valence-electron chi connectivity index (χ2n) is 8.15. The lowest BCUT2D eigenvalue weighted by atomic mass is 9.94. The largest absolute Gasteiger partial charge is 0.490 e. The minimum Gasteiger partial charge on any atom is -0.490 e. The topological polar surface area (TPSA) is 90.3 Å². The number of halogens is 2. The molecule has 174 valence electrons. The van der Waals surface area contributed by atoms with Gasteiger partial charge in [0.25, 0.3) is 0 Å². The van der Waals surface area contributed by atoms with Crippen LogP contribution in [0.5, 0.6) is 5.75 Å². The Kier molecular flexibility index (Phi) is 6.22. The van der Waals surface area contributed by atoms with Crippen LogP contribution in [-0.2, 0) is 29.0 Å². The minimum atomic E-state index is -1.31. The van der Waals surface area contributed by atoms with Crippen molar-refractivity contribution in [1.82, 2.24) is 4.90 Å². The number of ether oxygens (including phenoxy) is 1. The van der Waals surface area contributed by atoms with E-state index < -0.39 is 23.6 Å². The third-order valence-electron chi connectivity index (χ3n) is 6.15. The number of benzene rings is 2. The monoisotopic (exact) mass is 458 g/mol. The summed E-state index contributed by atoms with van der Waals surface area (Å²) in [5.74, 6) is -3.14. The second kappa shape index (κ2) is 9.09. The average Bonchev–Trinajstić information content (AvgIpc) is 2.96. The van der Waals surface area contributed by atoms with Gasteiger partial charge in [-0.1, -0.05) is 6.07 Å². The van der Waals surface area contributed by atoms with Gasteiger partial charge in [0.1, 0.15) is 29.7 Å². The number of carboxylic acids is 2. The van der Waals surface area contributed by atoms with Crippen LogP contribution in [0.15, 0.2) is 36.0 Å². The number of hydrogen-bond donors (Lipinski definition) is 2. The Bertz CT molecular complexity index is 1150. The van der Waals surface area contributed by atoms with Crippen LogP contribution in [0.1, 0.15) is 22.3 Å². The van der Waals surface area contributed by atoms with Gasteiger partial charge in [0.05, 0.1) is 18.3 Å². The molecule has 0 atom stereocenters. The molecule has 4 rings (SSSR count). The Balaban J connectivity index is 1.65. The fourth-order valence-corrected chi connectivity index (χ4v) is 4.61. The van der Waals surface area contributed by atoms with Crippen molar-refractivity contribution in [3.05, 3.63) is 69.9 Å². The Labute approximate surface area is 189 Å². The van der Waals surface area contributed by atoms with Crippen molar-refractivity contribution in [2.45, 2.75) is 26.3 Å². The standard InChI is InChI=1S/C24H24F2N2O5/c1-14-18-5-7-27(20(24(31)32)12-22(29)30)6-4-15(18)10-21-23(14)28(8-9-33-21)13-16-2-3-17(25)11-19(16)26/h2-3,10-12H,4-9,13H2,1H3,(H,29,30)(H,31,32)/b20-12-. The molecule has 0 bridgehead atoms. The number of aliphatic carboxylic acids is 2. The highest BCUT2D eigenvalue weighted by molar-refractivity contribution is 5.94. The summed E-state index contributed by atoms with van der Waals surface area (Å²) in [5.41, 5.74) is 4.01. The van der Waals surface area contributed by atoms with Crippen LogP contribution in [0.4, 0.5) is 14.5 Å². The van der Waals surface area contributed by atoms with E-state index in [1.165, 1.54) is 12.1 Å². The van der Waals surface area contributed by atoms with E-state index in [9.17, 15) is 23.5 Å². The van der Waals surface area contributed by atoms with Gasteiger partial charge in [-0.2, -0.15) is 0 Å². The van der Waals surface area contributed by atoms with Crippen LogP contribution in [0.2, 0.25) is 0 Å². The Morgan fingerprint density at radius 3 is 2.58 bits per heavy atom. The van der Waals surface area contributed by atoms with E-state index in [0.29, 0.717) is 50.4 Å². The van der Waals surface area contributed by atoms with Gasteiger partial charge in [-0.05, 0) is 48.6 Å². The molecule has 0 spiro atoms. The van der Waals surface area contributed by atoms with Crippen molar-refractivity contribution in [1.29, 1.82) is 0 Å². The molecule has 0 aromatic heterocycles. The molecule has 0 radical (unpaired) electrons. The number of fused-ring (bicyclic) bond motifs is 2. The van der Waals surface area contributed by atoms with Gasteiger partial charge >= 0.3 is 11.9 Å². The molecule has 0 amide bonds. The Morgan fingerprint density at radius 1 is 1.12 bits per heavy atom. The maximum absolute atomic E-state index is 14.3. The molecular weight excluding hydrogens is 434 g/mol. The molecule has 0 saturated heterocycles. The maximum atomic E-state index is 14.3. The third-order valence-corrected chi connectivity index (χ3v) is 6.15. The zero-order valence-electron chi connectivity index (χ0n) is 18.1. The van der Waals surface area contributed by atoms with Crippen molar-refractivity contribution in [2.24, 2.45) is 0 Å². The highest BCUT2D eigenvalue weighted by Gasteiger charge is 2.28. The number of carboxylic acid groups (broad SMARTS) is 2. The molecule has 2 aromatic carbocycles. The molecule has 33 heavy (non-hydrogen) atoms. The summed E-state index contributed by atoms with van der Waals surface area (Å²) >= 11 is 0. The molecule has 0 fully saturated rings. The van der Waals surface area contributed by atoms with Gasteiger partial charge in [0.15, 0.2) is 0 Å². The fourth-order valence-electron chi connectivity index (χ4n) is 4.61. The van der Waals surface area contributed by atoms with Crippen LogP contribution in [0.3, 0.4) is 0 Å². The van der Waals surface area contributed by atoms with E-state index in [1.807, 2.05) is 17.9 Å². The van der Waals surface area contributed by atoms with E-state index in [4.69, 9.17) is 9.84 Å². The van der Waals surface area contributed by atoms with E-state index in [0.717, 1.165) is 34.5 Å². The second-order valence-corrected chi connectivity index (χ2v) is 8.15. The van der Waals surface area contributed by atoms with Crippen LogP contribution in [-0.4, -0.2) is 53.3 Å². The third kappa shape index (κ3) is 4.62. The summed E-state index contributed by atoms with van der Waals surface area (Å²) in [5, 5.41) is 18.5. The van der Waals surface area contributed by atoms with E-state index in [-0.39, 0.29) is 12.2 Å². The number of hydrogen-bond acceptors (Lipinski definition) is 5. The first-order chi connectivity index (χ1) is 15.7. The van der Waals surface area contributed by atoms with Crippen LogP contribution >= 0.6 is 0 Å². The van der Waals surface area contributed by atoms with Gasteiger partial charge in [-0.25, -0.2) is 18.4 Å². The molecule has 0 aliphatic carbocycles. The summed E-state index contributed by atoms with van der Waals surface area (Å²) in [6.07, 6.45) is 1.78. The number of rotatable bonds is 5. The normalized spacial score (nSPS) is 15.9. The molecule has 2 N–H and O–H groups in total. The molecule has 2 aliphatic rings. The molecule has 2 aromatic rings. The van der Waals surface area contributed by atoms with Crippen LogP contribution in [0, 0.1) is 18.6 Å². The zero-order valence-corrected chi connectivity index (χ0v) is 18.1.